The second-order valence-electron chi connectivity index (χ2n) is 5.47. The molecule has 3 nitrogen and oxygen atoms in total. The molecule has 0 radical (unpaired) electrons. The topological polar surface area (TPSA) is 46.5 Å². The minimum atomic E-state index is -1.16. The Bertz CT molecular complexity index is 434. The van der Waals surface area contributed by atoms with Gasteiger partial charge < -0.3 is 9.84 Å². The van der Waals surface area contributed by atoms with Crippen molar-refractivity contribution in [2.24, 2.45) is 0 Å². The van der Waals surface area contributed by atoms with E-state index in [4.69, 9.17) is 4.74 Å². The molecule has 1 N–H and O–H groups in total. The lowest BCUT2D eigenvalue weighted by Crippen LogP contribution is -2.17. The van der Waals surface area contributed by atoms with Crippen molar-refractivity contribution >= 4 is 5.97 Å². The van der Waals surface area contributed by atoms with Crippen LogP contribution in [0.1, 0.15) is 68.6 Å². The molecule has 1 atom stereocenters. The standard InChI is InChI=1S/C17H24O3/c1-2-20-17(19)16(18)15-12-8-7-11-14(15)13-9-5-3-4-6-10-13/h7-8,11-13,16,18H,2-6,9-10H2,1H3. The molecule has 2 rings (SSSR count). The van der Waals surface area contributed by atoms with Gasteiger partial charge in [0.05, 0.1) is 6.61 Å². The Morgan fingerprint density at radius 2 is 1.90 bits per heavy atom. The van der Waals surface area contributed by atoms with E-state index in [9.17, 15) is 9.90 Å². The second-order valence-corrected chi connectivity index (χ2v) is 5.47. The summed E-state index contributed by atoms with van der Waals surface area (Å²) in [5.74, 6) is -0.0913. The van der Waals surface area contributed by atoms with E-state index in [-0.39, 0.29) is 0 Å². The molecule has 0 heterocycles. The number of ether oxygens (including phenoxy) is 1. The van der Waals surface area contributed by atoms with Crippen LogP contribution >= 0.6 is 0 Å². The highest BCUT2D eigenvalue weighted by Crippen LogP contribution is 2.35. The van der Waals surface area contributed by atoms with E-state index < -0.39 is 12.1 Å². The Morgan fingerprint density at radius 3 is 2.55 bits per heavy atom. The molecular formula is C17H24O3. The van der Waals surface area contributed by atoms with Gasteiger partial charge in [0.1, 0.15) is 0 Å². The highest BCUT2D eigenvalue weighted by Gasteiger charge is 2.25. The predicted octanol–water partition coefficient (Wildman–Crippen LogP) is 3.72. The number of hydrogen-bond donors (Lipinski definition) is 1. The van der Waals surface area contributed by atoms with Gasteiger partial charge in [-0.2, -0.15) is 0 Å². The van der Waals surface area contributed by atoms with E-state index >= 15 is 0 Å². The number of aliphatic hydroxyl groups is 1. The first kappa shape index (κ1) is 15.0. The molecule has 0 spiro atoms. The van der Waals surface area contributed by atoms with Gasteiger partial charge in [-0.1, -0.05) is 49.9 Å². The summed E-state index contributed by atoms with van der Waals surface area (Å²) in [6.45, 7) is 2.04. The van der Waals surface area contributed by atoms with Crippen molar-refractivity contribution in [2.45, 2.75) is 57.5 Å². The third-order valence-corrected chi connectivity index (χ3v) is 4.10. The third-order valence-electron chi connectivity index (χ3n) is 4.10. The minimum absolute atomic E-state index is 0.293. The zero-order valence-corrected chi connectivity index (χ0v) is 12.2. The summed E-state index contributed by atoms with van der Waals surface area (Å²) in [5.41, 5.74) is 1.84. The molecule has 1 saturated carbocycles. The SMILES string of the molecule is CCOC(=O)C(O)c1ccccc1C1CCCCCC1. The second kappa shape index (κ2) is 7.44. The fourth-order valence-corrected chi connectivity index (χ4v) is 3.07. The van der Waals surface area contributed by atoms with Gasteiger partial charge in [-0.25, -0.2) is 4.79 Å². The van der Waals surface area contributed by atoms with Crippen LogP contribution in [0.3, 0.4) is 0 Å². The van der Waals surface area contributed by atoms with Crippen molar-refractivity contribution in [1.29, 1.82) is 0 Å². The summed E-state index contributed by atoms with van der Waals surface area (Å²) >= 11 is 0. The number of carbonyl (C=O) groups is 1. The number of benzene rings is 1. The van der Waals surface area contributed by atoms with Gasteiger partial charge in [-0.05, 0) is 36.8 Å². The molecule has 1 aromatic rings. The van der Waals surface area contributed by atoms with Crippen LogP contribution in [0.4, 0.5) is 0 Å². The van der Waals surface area contributed by atoms with E-state index in [0.29, 0.717) is 12.5 Å². The van der Waals surface area contributed by atoms with Gasteiger partial charge in [0.25, 0.3) is 0 Å². The molecule has 3 heteroatoms. The number of aliphatic hydroxyl groups excluding tert-OH is 1. The molecule has 0 saturated heterocycles. The molecule has 1 unspecified atom stereocenters. The lowest BCUT2D eigenvalue weighted by atomic mass is 9.86. The summed E-state index contributed by atoms with van der Waals surface area (Å²) in [6.07, 6.45) is 6.18. The molecule has 0 bridgehead atoms. The molecule has 0 aliphatic heterocycles. The van der Waals surface area contributed by atoms with Crippen molar-refractivity contribution < 1.29 is 14.6 Å². The van der Waals surface area contributed by atoms with Crippen molar-refractivity contribution in [2.75, 3.05) is 6.61 Å². The van der Waals surface area contributed by atoms with Crippen molar-refractivity contribution in [3.63, 3.8) is 0 Å². The third kappa shape index (κ3) is 3.60. The van der Waals surface area contributed by atoms with Crippen LogP contribution < -0.4 is 0 Å². The first-order valence-electron chi connectivity index (χ1n) is 7.67. The van der Waals surface area contributed by atoms with Gasteiger partial charge in [0.2, 0.25) is 0 Å². The molecule has 20 heavy (non-hydrogen) atoms. The fourth-order valence-electron chi connectivity index (χ4n) is 3.07. The summed E-state index contributed by atoms with van der Waals surface area (Å²) in [6, 6.07) is 7.76. The van der Waals surface area contributed by atoms with E-state index in [0.717, 1.165) is 24.0 Å². The van der Waals surface area contributed by atoms with E-state index in [1.165, 1.54) is 25.7 Å². The Hall–Kier alpha value is -1.35. The molecule has 1 aliphatic rings. The van der Waals surface area contributed by atoms with E-state index in [1.807, 2.05) is 24.3 Å². The molecule has 1 fully saturated rings. The maximum Gasteiger partial charge on any atom is 0.339 e. The van der Waals surface area contributed by atoms with Crippen LogP contribution in [0.25, 0.3) is 0 Å². The lowest BCUT2D eigenvalue weighted by Gasteiger charge is -2.21. The van der Waals surface area contributed by atoms with E-state index in [2.05, 4.69) is 0 Å². The lowest BCUT2D eigenvalue weighted by molar-refractivity contribution is -0.153. The minimum Gasteiger partial charge on any atom is -0.464 e. The predicted molar refractivity (Wildman–Crippen MR) is 78.5 cm³/mol. The van der Waals surface area contributed by atoms with Gasteiger partial charge in [-0.3, -0.25) is 0 Å². The monoisotopic (exact) mass is 276 g/mol. The van der Waals surface area contributed by atoms with Crippen LogP contribution in [-0.2, 0) is 9.53 Å². The number of hydrogen-bond acceptors (Lipinski definition) is 3. The van der Waals surface area contributed by atoms with Crippen LogP contribution in [-0.4, -0.2) is 17.7 Å². The molecule has 0 aromatic heterocycles. The Morgan fingerprint density at radius 1 is 1.25 bits per heavy atom. The van der Waals surface area contributed by atoms with E-state index in [1.54, 1.807) is 6.92 Å². The number of rotatable bonds is 4. The first-order valence-corrected chi connectivity index (χ1v) is 7.67. The maximum atomic E-state index is 11.8. The first-order chi connectivity index (χ1) is 9.74. The summed E-state index contributed by atoms with van der Waals surface area (Å²) in [4.78, 5) is 11.8. The molecular weight excluding hydrogens is 252 g/mol. The van der Waals surface area contributed by atoms with Crippen molar-refractivity contribution in [3.8, 4) is 0 Å². The van der Waals surface area contributed by atoms with Crippen LogP contribution in [0.5, 0.6) is 0 Å². The van der Waals surface area contributed by atoms with Crippen molar-refractivity contribution in [3.05, 3.63) is 35.4 Å². The number of carbonyl (C=O) groups excluding carboxylic acids is 1. The van der Waals surface area contributed by atoms with Crippen LogP contribution in [0.2, 0.25) is 0 Å². The van der Waals surface area contributed by atoms with Crippen molar-refractivity contribution in [1.82, 2.24) is 0 Å². The summed E-state index contributed by atoms with van der Waals surface area (Å²) in [5, 5.41) is 10.2. The highest BCUT2D eigenvalue weighted by molar-refractivity contribution is 5.76. The molecule has 1 aromatic carbocycles. The molecule has 110 valence electrons. The Labute approximate surface area is 121 Å². The Balaban J connectivity index is 2.22. The van der Waals surface area contributed by atoms with Crippen LogP contribution in [0.15, 0.2) is 24.3 Å². The average molecular weight is 276 g/mol. The maximum absolute atomic E-state index is 11.8. The highest BCUT2D eigenvalue weighted by atomic mass is 16.5. The quantitative estimate of drug-likeness (QED) is 0.673. The van der Waals surface area contributed by atoms with Gasteiger partial charge in [0, 0.05) is 0 Å². The fraction of sp³-hybridized carbons (Fsp3) is 0.588. The smallest absolute Gasteiger partial charge is 0.339 e. The van der Waals surface area contributed by atoms with Gasteiger partial charge in [-0.15, -0.1) is 0 Å². The Kier molecular flexibility index (Phi) is 5.60. The normalized spacial score (nSPS) is 18.3. The van der Waals surface area contributed by atoms with Gasteiger partial charge in [0.15, 0.2) is 6.10 Å². The molecule has 1 aliphatic carbocycles. The average Bonchev–Trinajstić information content (AvgIpc) is 2.76. The zero-order valence-electron chi connectivity index (χ0n) is 12.2. The largest absolute Gasteiger partial charge is 0.464 e. The summed E-state index contributed by atoms with van der Waals surface area (Å²) in [7, 11) is 0. The number of esters is 1. The zero-order chi connectivity index (χ0) is 14.4. The molecule has 0 amide bonds. The van der Waals surface area contributed by atoms with Crippen LogP contribution in [0, 0.1) is 0 Å². The van der Waals surface area contributed by atoms with Gasteiger partial charge >= 0.3 is 5.97 Å². The summed E-state index contributed by atoms with van der Waals surface area (Å²) < 4.78 is 4.94.